The molecule has 4 rings (SSSR count). The smallest absolute Gasteiger partial charge is 0.326 e. The molecule has 4 aliphatic rings. The summed E-state index contributed by atoms with van der Waals surface area (Å²) in [6.45, 7) is 19.0. The summed E-state index contributed by atoms with van der Waals surface area (Å²) in [6.07, 6.45) is 3.47. The minimum absolute atomic E-state index is 0.0118. The first kappa shape index (κ1) is 25.2. The highest BCUT2D eigenvalue weighted by Crippen LogP contribution is 2.80. The number of rotatable bonds is 4. The maximum absolute atomic E-state index is 13.1. The van der Waals surface area contributed by atoms with Gasteiger partial charge in [0, 0.05) is 16.7 Å². The molecule has 0 amide bonds. The Balaban J connectivity index is 1.70. The van der Waals surface area contributed by atoms with Crippen molar-refractivity contribution < 1.29 is 28.2 Å². The van der Waals surface area contributed by atoms with Crippen molar-refractivity contribution >= 4 is 20.3 Å². The molecule has 6 atom stereocenters. The van der Waals surface area contributed by atoms with Crippen LogP contribution < -0.4 is 0 Å². The third kappa shape index (κ3) is 2.85. The number of carbonyl (C=O) groups is 2. The fourth-order valence-corrected chi connectivity index (χ4v) is 9.80. The van der Waals surface area contributed by atoms with E-state index >= 15 is 0 Å². The molecule has 1 saturated heterocycles. The van der Waals surface area contributed by atoms with Crippen LogP contribution in [-0.4, -0.2) is 53.3 Å². The first-order valence-electron chi connectivity index (χ1n) is 12.5. The van der Waals surface area contributed by atoms with Crippen molar-refractivity contribution in [3.05, 3.63) is 0 Å². The lowest BCUT2D eigenvalue weighted by atomic mass is 9.30. The molecule has 0 aromatic heterocycles. The van der Waals surface area contributed by atoms with Gasteiger partial charge in [-0.3, -0.25) is 9.59 Å². The Morgan fingerprint density at radius 1 is 0.970 bits per heavy atom. The third-order valence-corrected chi connectivity index (χ3v) is 15.5. The number of carbonyl (C=O) groups excluding carboxylic acids is 2. The van der Waals surface area contributed by atoms with E-state index in [0.717, 1.165) is 25.7 Å². The van der Waals surface area contributed by atoms with Gasteiger partial charge in [-0.15, -0.1) is 0 Å². The molecule has 1 aliphatic heterocycles. The molecule has 3 saturated carbocycles. The van der Waals surface area contributed by atoms with Gasteiger partial charge in [0.15, 0.2) is 13.7 Å². The summed E-state index contributed by atoms with van der Waals surface area (Å²) in [7, 11) is 0.798. The highest BCUT2D eigenvalue weighted by molar-refractivity contribution is 6.74. The second-order valence-corrected chi connectivity index (χ2v) is 18.2. The lowest BCUT2D eigenvalue weighted by Gasteiger charge is -2.71. The number of hydrogen-bond donors (Lipinski definition) is 0. The Morgan fingerprint density at radius 2 is 1.55 bits per heavy atom. The topological polar surface area (TPSA) is 71.1 Å². The van der Waals surface area contributed by atoms with Crippen molar-refractivity contribution in [2.45, 2.75) is 97.6 Å². The van der Waals surface area contributed by atoms with Crippen molar-refractivity contribution in [1.82, 2.24) is 0 Å². The van der Waals surface area contributed by atoms with Crippen LogP contribution in [0.2, 0.25) is 18.1 Å². The quantitative estimate of drug-likeness (QED) is 0.322. The van der Waals surface area contributed by atoms with Gasteiger partial charge in [-0.2, -0.15) is 0 Å². The molecule has 0 unspecified atom stereocenters. The lowest BCUT2D eigenvalue weighted by Crippen LogP contribution is -2.78. The predicted molar refractivity (Wildman–Crippen MR) is 128 cm³/mol. The fourth-order valence-electron chi connectivity index (χ4n) is 8.31. The van der Waals surface area contributed by atoms with Crippen LogP contribution >= 0.6 is 0 Å². The summed E-state index contributed by atoms with van der Waals surface area (Å²) < 4.78 is 23.8. The van der Waals surface area contributed by atoms with Gasteiger partial charge in [-0.05, 0) is 55.1 Å². The Labute approximate surface area is 200 Å². The number of ether oxygens (including phenoxy) is 3. The maximum atomic E-state index is 13.1. The highest BCUT2D eigenvalue weighted by atomic mass is 28.4. The number of methoxy groups -OCH3 is 2. The van der Waals surface area contributed by atoms with Crippen molar-refractivity contribution in [3.8, 4) is 0 Å². The largest absolute Gasteiger partial charge is 0.468 e. The van der Waals surface area contributed by atoms with Gasteiger partial charge in [-0.25, -0.2) is 0 Å². The third-order valence-electron chi connectivity index (χ3n) is 11.0. The zero-order valence-corrected chi connectivity index (χ0v) is 23.3. The van der Waals surface area contributed by atoms with E-state index < -0.39 is 37.2 Å². The molecular formula is C26H44O6Si. The van der Waals surface area contributed by atoms with E-state index in [4.69, 9.17) is 18.6 Å². The molecule has 1 spiro atoms. The monoisotopic (exact) mass is 480 g/mol. The van der Waals surface area contributed by atoms with Crippen molar-refractivity contribution in [2.24, 2.45) is 33.5 Å². The highest BCUT2D eigenvalue weighted by Gasteiger charge is 2.87. The molecule has 6 nitrogen and oxygen atoms in total. The molecule has 7 heteroatoms. The van der Waals surface area contributed by atoms with Gasteiger partial charge < -0.3 is 18.6 Å². The standard InChI is InChI=1S/C26H44O6Si/c1-22(2,3)33(9,10)32-17-12-14-25-15-31-19-18(25)24(6,13-11-16(25)23(17,4)5)26(19,20(27)29-7)21(28)30-8/h16-19H,11-15H2,1-10H3/t16-,17-,18-,19-,24-,25+/m1/s1. The Morgan fingerprint density at radius 3 is 2.06 bits per heavy atom. The second kappa shape index (κ2) is 7.30. The molecule has 1 heterocycles. The summed E-state index contributed by atoms with van der Waals surface area (Å²) in [4.78, 5) is 26.3. The minimum Gasteiger partial charge on any atom is -0.468 e. The normalized spacial score (nSPS) is 40.8. The van der Waals surface area contributed by atoms with E-state index in [-0.39, 0.29) is 27.9 Å². The zero-order chi connectivity index (χ0) is 24.8. The molecule has 33 heavy (non-hydrogen) atoms. The summed E-state index contributed by atoms with van der Waals surface area (Å²) in [5, 5.41) is 0.166. The zero-order valence-electron chi connectivity index (χ0n) is 22.3. The summed E-state index contributed by atoms with van der Waals surface area (Å²) in [6, 6.07) is 0. The van der Waals surface area contributed by atoms with E-state index in [0.29, 0.717) is 12.5 Å². The summed E-state index contributed by atoms with van der Waals surface area (Å²) in [5.74, 6) is -0.453. The van der Waals surface area contributed by atoms with E-state index in [1.807, 2.05) is 0 Å². The van der Waals surface area contributed by atoms with E-state index in [2.05, 4.69) is 54.6 Å². The van der Waals surface area contributed by atoms with Crippen LogP contribution in [0.1, 0.15) is 67.2 Å². The Bertz CT molecular complexity index is 828. The van der Waals surface area contributed by atoms with Crippen LogP contribution in [0.5, 0.6) is 0 Å². The van der Waals surface area contributed by atoms with Gasteiger partial charge >= 0.3 is 11.9 Å². The van der Waals surface area contributed by atoms with Gasteiger partial charge in [-0.1, -0.05) is 41.5 Å². The van der Waals surface area contributed by atoms with E-state index in [1.165, 1.54) is 14.2 Å². The van der Waals surface area contributed by atoms with Gasteiger partial charge in [0.2, 0.25) is 0 Å². The number of esters is 2. The Kier molecular flexibility index (Phi) is 5.57. The fraction of sp³-hybridized carbons (Fsp3) is 0.923. The van der Waals surface area contributed by atoms with Crippen molar-refractivity contribution in [2.75, 3.05) is 20.8 Å². The first-order chi connectivity index (χ1) is 15.1. The van der Waals surface area contributed by atoms with Crippen LogP contribution in [0.25, 0.3) is 0 Å². The number of hydrogen-bond acceptors (Lipinski definition) is 6. The average molecular weight is 481 g/mol. The maximum Gasteiger partial charge on any atom is 0.326 e. The van der Waals surface area contributed by atoms with Crippen LogP contribution in [0.15, 0.2) is 0 Å². The average Bonchev–Trinajstić information content (AvgIpc) is 3.09. The summed E-state index contributed by atoms with van der Waals surface area (Å²) >= 11 is 0. The molecule has 0 radical (unpaired) electrons. The summed E-state index contributed by atoms with van der Waals surface area (Å²) in [5.41, 5.74) is -1.94. The lowest BCUT2D eigenvalue weighted by molar-refractivity contribution is -0.275. The molecule has 0 aromatic carbocycles. The molecule has 0 N–H and O–H groups in total. The van der Waals surface area contributed by atoms with Crippen molar-refractivity contribution in [1.29, 1.82) is 0 Å². The molecule has 4 fully saturated rings. The van der Waals surface area contributed by atoms with Gasteiger partial charge in [0.1, 0.15) is 0 Å². The molecule has 3 aliphatic carbocycles. The molecule has 0 aromatic rings. The minimum atomic E-state index is -1.91. The van der Waals surface area contributed by atoms with Gasteiger partial charge in [0.05, 0.1) is 33.0 Å². The Hall–Kier alpha value is -0.923. The molecule has 188 valence electrons. The van der Waals surface area contributed by atoms with Crippen LogP contribution in [0, 0.1) is 33.5 Å². The van der Waals surface area contributed by atoms with Crippen LogP contribution in [0.4, 0.5) is 0 Å². The van der Waals surface area contributed by atoms with Crippen LogP contribution in [-0.2, 0) is 28.2 Å². The van der Waals surface area contributed by atoms with E-state index in [9.17, 15) is 9.59 Å². The molecular weight excluding hydrogens is 436 g/mol. The van der Waals surface area contributed by atoms with Crippen LogP contribution in [0.3, 0.4) is 0 Å². The van der Waals surface area contributed by atoms with E-state index in [1.54, 1.807) is 0 Å². The first-order valence-corrected chi connectivity index (χ1v) is 15.4. The van der Waals surface area contributed by atoms with Gasteiger partial charge in [0.25, 0.3) is 0 Å². The molecule has 0 bridgehead atoms. The second-order valence-electron chi connectivity index (χ2n) is 13.5. The SMILES string of the molecule is COC(=O)C1(C(=O)OC)[C@@H]2OC[C@@]34CC[C@@H](O[Si](C)(C)C(C)(C)C)C(C)(C)[C@H]3CC[C@]1(C)[C@@H]24. The predicted octanol–water partition coefficient (Wildman–Crippen LogP) is 4.96. The van der Waals surface area contributed by atoms with Crippen molar-refractivity contribution in [3.63, 3.8) is 0 Å².